The summed E-state index contributed by atoms with van der Waals surface area (Å²) >= 11 is 0. The van der Waals surface area contributed by atoms with E-state index in [1.54, 1.807) is 25.1 Å². The molecule has 2 atom stereocenters. The van der Waals surface area contributed by atoms with Crippen molar-refractivity contribution in [2.45, 2.75) is 32.7 Å². The fourth-order valence-electron chi connectivity index (χ4n) is 2.67. The van der Waals surface area contributed by atoms with Gasteiger partial charge in [-0.2, -0.15) is 0 Å². The number of aliphatic hydroxyl groups is 1. The third kappa shape index (κ3) is 8.03. The van der Waals surface area contributed by atoms with Gasteiger partial charge in [0.2, 0.25) is 0 Å². The first-order chi connectivity index (χ1) is 13.7. The smallest absolute Gasteiger partial charge is 0.481 e. The van der Waals surface area contributed by atoms with Gasteiger partial charge in [0.25, 0.3) is 5.91 Å². The Morgan fingerprint density at radius 1 is 1.14 bits per heavy atom. The molecule has 0 aliphatic heterocycles. The molecule has 0 saturated heterocycles. The Labute approximate surface area is 167 Å². The first kappa shape index (κ1) is 22.5. The fourth-order valence-corrected chi connectivity index (χ4v) is 2.67. The van der Waals surface area contributed by atoms with Crippen LogP contribution in [0.5, 0.6) is 11.5 Å². The molecule has 5 nitrogen and oxygen atoms in total. The van der Waals surface area contributed by atoms with Gasteiger partial charge in [0.05, 0.1) is 0 Å². The van der Waals surface area contributed by atoms with Crippen molar-refractivity contribution in [3.05, 3.63) is 59.7 Å². The molecule has 0 fully saturated rings. The lowest BCUT2D eigenvalue weighted by molar-refractivity contribution is -0.274. The number of benzene rings is 2. The van der Waals surface area contributed by atoms with E-state index in [9.17, 15) is 23.1 Å². The van der Waals surface area contributed by atoms with Gasteiger partial charge in [-0.15, -0.1) is 13.2 Å². The van der Waals surface area contributed by atoms with E-state index in [4.69, 9.17) is 4.74 Å². The molecule has 0 heterocycles. The maximum Gasteiger partial charge on any atom is 0.573 e. The van der Waals surface area contributed by atoms with Crippen LogP contribution >= 0.6 is 0 Å². The highest BCUT2D eigenvalue weighted by Crippen LogP contribution is 2.24. The average Bonchev–Trinajstić information content (AvgIpc) is 2.65. The largest absolute Gasteiger partial charge is 0.573 e. The summed E-state index contributed by atoms with van der Waals surface area (Å²) in [5, 5.41) is 12.3. The zero-order chi connectivity index (χ0) is 21.4. The maximum atomic E-state index is 12.3. The number of carbonyl (C=O) groups excluding carboxylic acids is 1. The number of hydrogen-bond acceptors (Lipinski definition) is 4. The number of rotatable bonds is 9. The highest BCUT2D eigenvalue weighted by Gasteiger charge is 2.31. The number of alkyl halides is 3. The van der Waals surface area contributed by atoms with Crippen molar-refractivity contribution >= 4 is 5.91 Å². The Balaban J connectivity index is 1.87. The second-order valence-corrected chi connectivity index (χ2v) is 6.77. The molecule has 0 unspecified atom stereocenters. The molecular weight excluding hydrogens is 387 g/mol. The normalized spacial score (nSPS) is 13.4. The quantitative estimate of drug-likeness (QED) is 0.661. The molecule has 0 aromatic heterocycles. The van der Waals surface area contributed by atoms with Crippen LogP contribution < -0.4 is 14.8 Å². The molecule has 2 N–H and O–H groups in total. The van der Waals surface area contributed by atoms with Gasteiger partial charge in [0, 0.05) is 19.1 Å². The lowest BCUT2D eigenvalue weighted by atomic mass is 10.00. The van der Waals surface area contributed by atoms with Gasteiger partial charge in [-0.25, -0.2) is 0 Å². The summed E-state index contributed by atoms with van der Waals surface area (Å²) in [5.41, 5.74) is 1.63. The van der Waals surface area contributed by atoms with Gasteiger partial charge >= 0.3 is 6.36 Å². The van der Waals surface area contributed by atoms with Crippen molar-refractivity contribution in [3.63, 3.8) is 0 Å². The van der Waals surface area contributed by atoms with Gasteiger partial charge in [-0.05, 0) is 50.1 Å². The number of aliphatic hydroxyl groups excluding tert-OH is 1. The van der Waals surface area contributed by atoms with Gasteiger partial charge in [0.15, 0.2) is 6.10 Å². The Morgan fingerprint density at radius 3 is 2.45 bits per heavy atom. The van der Waals surface area contributed by atoms with Crippen LogP contribution in [0, 0.1) is 12.8 Å². The highest BCUT2D eigenvalue weighted by atomic mass is 19.4. The SMILES string of the molecule is Cc1ccc(O[C@@H](C)C(=O)NC[C@H](CO)Cc2cccc(OC(F)(F)F)c2)cc1. The van der Waals surface area contributed by atoms with Crippen molar-refractivity contribution in [2.75, 3.05) is 13.2 Å². The second kappa shape index (κ2) is 10.2. The summed E-state index contributed by atoms with van der Waals surface area (Å²) in [4.78, 5) is 12.2. The van der Waals surface area contributed by atoms with E-state index in [0.29, 0.717) is 11.3 Å². The van der Waals surface area contributed by atoms with Gasteiger partial charge in [-0.1, -0.05) is 29.8 Å². The highest BCUT2D eigenvalue weighted by molar-refractivity contribution is 5.80. The first-order valence-corrected chi connectivity index (χ1v) is 9.13. The summed E-state index contributed by atoms with van der Waals surface area (Å²) < 4.78 is 46.5. The third-order valence-electron chi connectivity index (χ3n) is 4.18. The number of hydrogen-bond donors (Lipinski definition) is 2. The molecule has 0 radical (unpaired) electrons. The van der Waals surface area contributed by atoms with Crippen molar-refractivity contribution in [1.29, 1.82) is 0 Å². The maximum absolute atomic E-state index is 12.3. The molecule has 29 heavy (non-hydrogen) atoms. The molecule has 2 aromatic carbocycles. The van der Waals surface area contributed by atoms with E-state index >= 15 is 0 Å². The summed E-state index contributed by atoms with van der Waals surface area (Å²) in [6, 6.07) is 12.8. The van der Waals surface area contributed by atoms with E-state index < -0.39 is 12.5 Å². The molecule has 0 aliphatic carbocycles. The summed E-state index contributed by atoms with van der Waals surface area (Å²) in [7, 11) is 0. The fraction of sp³-hybridized carbons (Fsp3) is 0.381. The van der Waals surface area contributed by atoms with Crippen LogP contribution in [0.1, 0.15) is 18.1 Å². The van der Waals surface area contributed by atoms with Crippen LogP contribution in [0.15, 0.2) is 48.5 Å². The van der Waals surface area contributed by atoms with E-state index in [1.807, 2.05) is 19.1 Å². The molecule has 1 amide bonds. The van der Waals surface area contributed by atoms with Crippen LogP contribution in [0.3, 0.4) is 0 Å². The molecule has 0 aliphatic rings. The lowest BCUT2D eigenvalue weighted by Crippen LogP contribution is -2.40. The topological polar surface area (TPSA) is 67.8 Å². The predicted octanol–water partition coefficient (Wildman–Crippen LogP) is 3.63. The van der Waals surface area contributed by atoms with Crippen LogP contribution in [0.4, 0.5) is 13.2 Å². The Hall–Kier alpha value is -2.74. The van der Waals surface area contributed by atoms with E-state index in [1.165, 1.54) is 18.2 Å². The van der Waals surface area contributed by atoms with Crippen LogP contribution in [0.2, 0.25) is 0 Å². The van der Waals surface area contributed by atoms with Crippen LogP contribution in [0.25, 0.3) is 0 Å². The number of amides is 1. The average molecular weight is 411 g/mol. The monoisotopic (exact) mass is 411 g/mol. The predicted molar refractivity (Wildman–Crippen MR) is 102 cm³/mol. The molecule has 8 heteroatoms. The Morgan fingerprint density at radius 2 is 1.83 bits per heavy atom. The van der Waals surface area contributed by atoms with Gasteiger partial charge in [0.1, 0.15) is 11.5 Å². The first-order valence-electron chi connectivity index (χ1n) is 9.13. The molecular formula is C21H24F3NO4. The van der Waals surface area contributed by atoms with Crippen LogP contribution in [-0.2, 0) is 11.2 Å². The Kier molecular flexibility index (Phi) is 7.90. The number of halogens is 3. The van der Waals surface area contributed by atoms with Crippen LogP contribution in [-0.4, -0.2) is 36.6 Å². The molecule has 158 valence electrons. The minimum absolute atomic E-state index is 0.154. The standard InChI is InChI=1S/C21H24F3NO4/c1-14-6-8-18(9-7-14)28-15(2)20(27)25-12-17(13-26)10-16-4-3-5-19(11-16)29-21(22,23)24/h3-9,11,15,17,26H,10,12-13H2,1-2H3,(H,25,27)/t15-,17+/m0/s1. The van der Waals surface area contributed by atoms with Crippen molar-refractivity contribution in [3.8, 4) is 11.5 Å². The number of ether oxygens (including phenoxy) is 2. The van der Waals surface area contributed by atoms with Crippen molar-refractivity contribution < 1.29 is 32.5 Å². The van der Waals surface area contributed by atoms with Crippen molar-refractivity contribution in [1.82, 2.24) is 5.32 Å². The Bertz CT molecular complexity index is 793. The molecule has 0 saturated carbocycles. The zero-order valence-electron chi connectivity index (χ0n) is 16.2. The molecule has 0 bridgehead atoms. The lowest BCUT2D eigenvalue weighted by Gasteiger charge is -2.19. The molecule has 0 spiro atoms. The van der Waals surface area contributed by atoms with Crippen molar-refractivity contribution in [2.24, 2.45) is 5.92 Å². The van der Waals surface area contributed by atoms with E-state index in [-0.39, 0.29) is 37.1 Å². The summed E-state index contributed by atoms with van der Waals surface area (Å²) in [6.07, 6.45) is -5.23. The molecule has 2 aromatic rings. The summed E-state index contributed by atoms with van der Waals surface area (Å²) in [5.74, 6) is -0.473. The zero-order valence-corrected chi connectivity index (χ0v) is 16.2. The third-order valence-corrected chi connectivity index (χ3v) is 4.18. The number of aryl methyl sites for hydroxylation is 1. The van der Waals surface area contributed by atoms with E-state index in [0.717, 1.165) is 5.56 Å². The number of carbonyl (C=O) groups is 1. The summed E-state index contributed by atoms with van der Waals surface area (Å²) in [6.45, 7) is 3.47. The second-order valence-electron chi connectivity index (χ2n) is 6.77. The van der Waals surface area contributed by atoms with Gasteiger partial charge < -0.3 is 19.9 Å². The van der Waals surface area contributed by atoms with Gasteiger partial charge in [-0.3, -0.25) is 4.79 Å². The minimum Gasteiger partial charge on any atom is -0.481 e. The molecule has 2 rings (SSSR count). The van der Waals surface area contributed by atoms with E-state index in [2.05, 4.69) is 10.1 Å². The minimum atomic E-state index is -4.77. The number of nitrogens with one attached hydrogen (secondary N) is 1.